The molecule has 76 valence electrons. The Morgan fingerprint density at radius 2 is 1.93 bits per heavy atom. The maximum Gasteiger partial charge on any atom is 0.132 e. The third-order valence-corrected chi connectivity index (χ3v) is 2.15. The molecule has 0 unspecified atom stereocenters. The molecule has 0 aliphatic carbocycles. The third-order valence-electron chi connectivity index (χ3n) is 2.15. The van der Waals surface area contributed by atoms with E-state index >= 15 is 0 Å². The van der Waals surface area contributed by atoms with Crippen molar-refractivity contribution in [3.8, 4) is 11.3 Å². The molecular formula is C12H11FN2. The van der Waals surface area contributed by atoms with Crippen molar-refractivity contribution in [3.05, 3.63) is 47.7 Å². The molecule has 1 aromatic heterocycles. The first-order valence-electron chi connectivity index (χ1n) is 4.72. The quantitative estimate of drug-likeness (QED) is 0.710. The van der Waals surface area contributed by atoms with Crippen LogP contribution < -0.4 is 0 Å². The molecule has 1 heterocycles. The molecule has 3 heteroatoms. The SMILES string of the molecule is Cc1ccc(F)c(-c2cncc(C)n2)c1. The molecule has 0 spiro atoms. The lowest BCUT2D eigenvalue weighted by atomic mass is 10.1. The summed E-state index contributed by atoms with van der Waals surface area (Å²) in [5.74, 6) is -0.263. The minimum absolute atomic E-state index is 0.263. The van der Waals surface area contributed by atoms with Gasteiger partial charge in [-0.15, -0.1) is 0 Å². The van der Waals surface area contributed by atoms with Gasteiger partial charge in [0, 0.05) is 11.8 Å². The van der Waals surface area contributed by atoms with Crippen LogP contribution in [0, 0.1) is 19.7 Å². The smallest absolute Gasteiger partial charge is 0.132 e. The molecule has 2 nitrogen and oxygen atoms in total. The van der Waals surface area contributed by atoms with Crippen LogP contribution in [0.4, 0.5) is 4.39 Å². The van der Waals surface area contributed by atoms with Gasteiger partial charge in [-0.1, -0.05) is 11.6 Å². The lowest BCUT2D eigenvalue weighted by molar-refractivity contribution is 0.630. The van der Waals surface area contributed by atoms with Crippen molar-refractivity contribution in [1.82, 2.24) is 9.97 Å². The van der Waals surface area contributed by atoms with E-state index in [0.29, 0.717) is 11.3 Å². The van der Waals surface area contributed by atoms with Gasteiger partial charge in [0.1, 0.15) is 5.82 Å². The first-order valence-corrected chi connectivity index (χ1v) is 4.72. The number of nitrogens with zero attached hydrogens (tertiary/aromatic N) is 2. The topological polar surface area (TPSA) is 25.8 Å². The van der Waals surface area contributed by atoms with Crippen molar-refractivity contribution in [3.63, 3.8) is 0 Å². The number of benzene rings is 1. The summed E-state index contributed by atoms with van der Waals surface area (Å²) < 4.78 is 13.5. The Bertz CT molecular complexity index is 495. The Morgan fingerprint density at radius 1 is 1.13 bits per heavy atom. The van der Waals surface area contributed by atoms with E-state index < -0.39 is 0 Å². The van der Waals surface area contributed by atoms with Gasteiger partial charge in [-0.2, -0.15) is 0 Å². The second-order valence-corrected chi connectivity index (χ2v) is 3.53. The lowest BCUT2D eigenvalue weighted by Crippen LogP contribution is -1.92. The molecule has 1 aromatic carbocycles. The number of hydrogen-bond acceptors (Lipinski definition) is 2. The van der Waals surface area contributed by atoms with Gasteiger partial charge in [-0.25, -0.2) is 9.37 Å². The van der Waals surface area contributed by atoms with Crippen LogP contribution in [0.5, 0.6) is 0 Å². The number of rotatable bonds is 1. The van der Waals surface area contributed by atoms with E-state index in [4.69, 9.17) is 0 Å². The Kier molecular flexibility index (Phi) is 2.46. The average molecular weight is 202 g/mol. The molecule has 15 heavy (non-hydrogen) atoms. The Labute approximate surface area is 87.8 Å². The van der Waals surface area contributed by atoms with Crippen LogP contribution in [-0.4, -0.2) is 9.97 Å². The number of aromatic nitrogens is 2. The molecule has 0 radical (unpaired) electrons. The minimum Gasteiger partial charge on any atom is -0.261 e. The maximum atomic E-state index is 13.5. The standard InChI is InChI=1S/C12H11FN2/c1-8-3-4-11(13)10(5-8)12-7-14-6-9(2)15-12/h3-7H,1-2H3. The molecule has 0 amide bonds. The predicted molar refractivity (Wildman–Crippen MR) is 56.9 cm³/mol. The van der Waals surface area contributed by atoms with Crippen LogP contribution in [0.15, 0.2) is 30.6 Å². The molecule has 2 rings (SSSR count). The monoisotopic (exact) mass is 202 g/mol. The van der Waals surface area contributed by atoms with E-state index in [-0.39, 0.29) is 5.82 Å². The molecule has 0 aliphatic rings. The maximum absolute atomic E-state index is 13.5. The van der Waals surface area contributed by atoms with Gasteiger partial charge in [0.25, 0.3) is 0 Å². The van der Waals surface area contributed by atoms with Crippen LogP contribution in [0.2, 0.25) is 0 Å². The van der Waals surface area contributed by atoms with Gasteiger partial charge >= 0.3 is 0 Å². The van der Waals surface area contributed by atoms with Gasteiger partial charge in [0.15, 0.2) is 0 Å². The van der Waals surface area contributed by atoms with Gasteiger partial charge in [-0.3, -0.25) is 4.98 Å². The van der Waals surface area contributed by atoms with Crippen LogP contribution in [0.3, 0.4) is 0 Å². The highest BCUT2D eigenvalue weighted by Gasteiger charge is 2.06. The second-order valence-electron chi connectivity index (χ2n) is 3.53. The number of hydrogen-bond donors (Lipinski definition) is 0. The summed E-state index contributed by atoms with van der Waals surface area (Å²) in [6.07, 6.45) is 3.22. The third kappa shape index (κ3) is 2.01. The van der Waals surface area contributed by atoms with Crippen molar-refractivity contribution < 1.29 is 4.39 Å². The lowest BCUT2D eigenvalue weighted by Gasteiger charge is -2.04. The van der Waals surface area contributed by atoms with Gasteiger partial charge in [0.2, 0.25) is 0 Å². The average Bonchev–Trinajstić information content (AvgIpc) is 2.22. The molecule has 0 bridgehead atoms. The molecule has 0 aliphatic heterocycles. The van der Waals surface area contributed by atoms with Crippen LogP contribution in [0.1, 0.15) is 11.3 Å². The molecule has 0 fully saturated rings. The van der Waals surface area contributed by atoms with Gasteiger partial charge in [-0.05, 0) is 26.0 Å². The number of aryl methyl sites for hydroxylation is 2. The summed E-state index contributed by atoms with van der Waals surface area (Å²) >= 11 is 0. The summed E-state index contributed by atoms with van der Waals surface area (Å²) in [7, 11) is 0. The van der Waals surface area contributed by atoms with E-state index in [2.05, 4.69) is 9.97 Å². The fourth-order valence-electron chi connectivity index (χ4n) is 1.43. The fourth-order valence-corrected chi connectivity index (χ4v) is 1.43. The first-order chi connectivity index (χ1) is 7.16. The minimum atomic E-state index is -0.263. The van der Waals surface area contributed by atoms with E-state index in [1.165, 1.54) is 6.07 Å². The molecule has 0 saturated carbocycles. The molecule has 2 aromatic rings. The van der Waals surface area contributed by atoms with Crippen molar-refractivity contribution in [2.75, 3.05) is 0 Å². The highest BCUT2D eigenvalue weighted by Crippen LogP contribution is 2.21. The van der Waals surface area contributed by atoms with Gasteiger partial charge < -0.3 is 0 Å². The normalized spacial score (nSPS) is 10.3. The summed E-state index contributed by atoms with van der Waals surface area (Å²) in [6, 6.07) is 4.97. The first kappa shape index (κ1) is 9.77. The van der Waals surface area contributed by atoms with Crippen molar-refractivity contribution in [2.24, 2.45) is 0 Å². The van der Waals surface area contributed by atoms with Crippen molar-refractivity contribution in [1.29, 1.82) is 0 Å². The summed E-state index contributed by atoms with van der Waals surface area (Å²) in [5, 5.41) is 0. The largest absolute Gasteiger partial charge is 0.261 e. The Balaban J connectivity index is 2.58. The van der Waals surface area contributed by atoms with Crippen molar-refractivity contribution in [2.45, 2.75) is 13.8 Å². The van der Waals surface area contributed by atoms with E-state index in [0.717, 1.165) is 11.3 Å². The highest BCUT2D eigenvalue weighted by atomic mass is 19.1. The summed E-state index contributed by atoms with van der Waals surface area (Å²) in [5.41, 5.74) is 2.88. The number of halogens is 1. The van der Waals surface area contributed by atoms with Crippen molar-refractivity contribution >= 4 is 0 Å². The van der Waals surface area contributed by atoms with E-state index in [1.807, 2.05) is 13.8 Å². The molecule has 0 N–H and O–H groups in total. The molecular weight excluding hydrogens is 191 g/mol. The second kappa shape index (κ2) is 3.77. The zero-order valence-corrected chi connectivity index (χ0v) is 8.66. The van der Waals surface area contributed by atoms with E-state index in [1.54, 1.807) is 24.5 Å². The van der Waals surface area contributed by atoms with Crippen LogP contribution in [-0.2, 0) is 0 Å². The van der Waals surface area contributed by atoms with E-state index in [9.17, 15) is 4.39 Å². The summed E-state index contributed by atoms with van der Waals surface area (Å²) in [6.45, 7) is 3.76. The highest BCUT2D eigenvalue weighted by molar-refractivity contribution is 5.59. The zero-order chi connectivity index (χ0) is 10.8. The Morgan fingerprint density at radius 3 is 2.67 bits per heavy atom. The molecule has 0 saturated heterocycles. The molecule has 0 atom stereocenters. The Hall–Kier alpha value is -1.77. The summed E-state index contributed by atoms with van der Waals surface area (Å²) in [4.78, 5) is 8.25. The van der Waals surface area contributed by atoms with Crippen LogP contribution >= 0.6 is 0 Å². The van der Waals surface area contributed by atoms with Gasteiger partial charge in [0.05, 0.1) is 17.6 Å². The van der Waals surface area contributed by atoms with Crippen LogP contribution in [0.25, 0.3) is 11.3 Å². The predicted octanol–water partition coefficient (Wildman–Crippen LogP) is 2.90. The fraction of sp³-hybridized carbons (Fsp3) is 0.167. The zero-order valence-electron chi connectivity index (χ0n) is 8.66.